The van der Waals surface area contributed by atoms with Gasteiger partial charge in [0, 0.05) is 44.3 Å². The Morgan fingerprint density at radius 2 is 2.10 bits per heavy atom. The first kappa shape index (κ1) is 21.8. The Bertz CT molecular complexity index is 872. The number of hydrogen-bond acceptors (Lipinski definition) is 6. The summed E-state index contributed by atoms with van der Waals surface area (Å²) in [6.07, 6.45) is 2.78. The predicted octanol–water partition coefficient (Wildman–Crippen LogP) is 4.80. The number of nitrogens with zero attached hydrogens (tertiary/aromatic N) is 2. The van der Waals surface area contributed by atoms with Crippen LogP contribution in [0.3, 0.4) is 0 Å². The van der Waals surface area contributed by atoms with Gasteiger partial charge in [-0.1, -0.05) is 18.5 Å². The number of carboxylic acid groups (broad SMARTS) is 1. The topological polar surface area (TPSA) is 93.2 Å². The number of hydrogen-bond donors (Lipinski definition) is 2. The van der Waals surface area contributed by atoms with Crippen molar-refractivity contribution < 1.29 is 24.1 Å². The molecule has 1 saturated heterocycles. The maximum absolute atomic E-state index is 11.1. The van der Waals surface area contributed by atoms with Gasteiger partial charge in [0.1, 0.15) is 11.9 Å². The van der Waals surface area contributed by atoms with E-state index in [2.05, 4.69) is 10.3 Å². The summed E-state index contributed by atoms with van der Waals surface area (Å²) in [7, 11) is 1.55. The summed E-state index contributed by atoms with van der Waals surface area (Å²) in [5.41, 5.74) is 0.665. The molecule has 1 aromatic heterocycles. The normalized spacial score (nSPS) is 14.3. The minimum Gasteiger partial charge on any atom is -0.494 e. The van der Waals surface area contributed by atoms with Crippen molar-refractivity contribution in [3.63, 3.8) is 0 Å². The average Bonchev–Trinajstić information content (AvgIpc) is 2.74. The Morgan fingerprint density at radius 3 is 2.73 bits per heavy atom. The van der Waals surface area contributed by atoms with Crippen LogP contribution in [0.15, 0.2) is 30.5 Å². The molecule has 8 nitrogen and oxygen atoms in total. The Kier molecular flexibility index (Phi) is 7.46. The molecule has 2 heterocycles. The number of halogens is 1. The number of carbonyl (C=O) groups is 1. The van der Waals surface area contributed by atoms with E-state index in [1.807, 2.05) is 19.1 Å². The molecule has 162 valence electrons. The molecule has 0 spiro atoms. The maximum Gasteiger partial charge on any atom is 0.407 e. The Labute approximate surface area is 180 Å². The second-order valence-electron chi connectivity index (χ2n) is 6.89. The van der Waals surface area contributed by atoms with Gasteiger partial charge in [-0.2, -0.15) is 0 Å². The number of rotatable bonds is 8. The molecule has 1 fully saturated rings. The van der Waals surface area contributed by atoms with Gasteiger partial charge >= 0.3 is 6.09 Å². The van der Waals surface area contributed by atoms with Crippen LogP contribution in [0.4, 0.5) is 16.3 Å². The van der Waals surface area contributed by atoms with E-state index in [0.717, 1.165) is 6.42 Å². The molecule has 3 rings (SSSR count). The third-order valence-electron chi connectivity index (χ3n) is 4.75. The van der Waals surface area contributed by atoms with Crippen LogP contribution in [0, 0.1) is 0 Å². The maximum atomic E-state index is 11.1. The summed E-state index contributed by atoms with van der Waals surface area (Å²) in [5, 5.41) is 12.8. The van der Waals surface area contributed by atoms with E-state index in [-0.39, 0.29) is 6.10 Å². The summed E-state index contributed by atoms with van der Waals surface area (Å²) >= 11 is 6.39. The lowest BCUT2D eigenvalue weighted by Gasteiger charge is -2.30. The first-order valence-corrected chi connectivity index (χ1v) is 10.3. The molecule has 0 bridgehead atoms. The Hall–Kier alpha value is -2.87. The molecule has 0 unspecified atom stereocenters. The van der Waals surface area contributed by atoms with Crippen molar-refractivity contribution in [1.82, 2.24) is 9.88 Å². The van der Waals surface area contributed by atoms with Crippen LogP contribution in [-0.2, 0) is 0 Å². The number of methoxy groups -OCH3 is 1. The van der Waals surface area contributed by atoms with Crippen molar-refractivity contribution in [2.24, 2.45) is 0 Å². The fourth-order valence-electron chi connectivity index (χ4n) is 3.19. The first-order chi connectivity index (χ1) is 14.5. The van der Waals surface area contributed by atoms with Gasteiger partial charge in [-0.25, -0.2) is 9.78 Å². The van der Waals surface area contributed by atoms with Gasteiger partial charge in [0.2, 0.25) is 5.75 Å². The number of piperidine rings is 1. The zero-order valence-corrected chi connectivity index (χ0v) is 17.8. The number of aromatic nitrogens is 1. The fraction of sp³-hybridized carbons (Fsp3) is 0.429. The van der Waals surface area contributed by atoms with E-state index in [0.29, 0.717) is 66.3 Å². The molecular weight excluding hydrogens is 410 g/mol. The van der Waals surface area contributed by atoms with Gasteiger partial charge in [0.25, 0.3) is 0 Å². The molecule has 0 saturated carbocycles. The highest BCUT2D eigenvalue weighted by Crippen LogP contribution is 2.38. The highest BCUT2D eigenvalue weighted by atomic mass is 35.5. The lowest BCUT2D eigenvalue weighted by atomic mass is 10.1. The van der Waals surface area contributed by atoms with Crippen molar-refractivity contribution in [1.29, 1.82) is 0 Å². The number of ether oxygens (including phenoxy) is 3. The summed E-state index contributed by atoms with van der Waals surface area (Å²) in [6.45, 7) is 3.56. The average molecular weight is 436 g/mol. The van der Waals surface area contributed by atoms with Gasteiger partial charge in [0.05, 0.1) is 24.4 Å². The molecule has 9 heteroatoms. The van der Waals surface area contributed by atoms with Crippen molar-refractivity contribution in [3.8, 4) is 17.2 Å². The highest BCUT2D eigenvalue weighted by molar-refractivity contribution is 6.33. The standard InChI is InChI=1S/C21H26ClN3O5/c1-3-12-29-15-4-5-17(16(22)13-15)24-20-19(28-2)18(6-9-23-20)30-14-7-10-25(11-8-14)21(26)27/h4-6,9,13-14H,3,7-8,10-12H2,1-2H3,(H,23,24)(H,26,27). The van der Waals surface area contributed by atoms with E-state index < -0.39 is 6.09 Å². The molecule has 1 amide bonds. The Morgan fingerprint density at radius 1 is 1.33 bits per heavy atom. The molecule has 1 aliphatic heterocycles. The molecule has 0 aliphatic carbocycles. The Balaban J connectivity index is 1.72. The molecule has 0 radical (unpaired) electrons. The van der Waals surface area contributed by atoms with Gasteiger partial charge in [-0.05, 0) is 18.6 Å². The molecule has 2 N–H and O–H groups in total. The van der Waals surface area contributed by atoms with E-state index in [9.17, 15) is 4.79 Å². The minimum absolute atomic E-state index is 0.0941. The number of likely N-dealkylation sites (tertiary alicyclic amines) is 1. The number of anilines is 2. The van der Waals surface area contributed by atoms with E-state index in [1.165, 1.54) is 4.90 Å². The fourth-order valence-corrected chi connectivity index (χ4v) is 3.41. The van der Waals surface area contributed by atoms with Crippen LogP contribution in [0.2, 0.25) is 5.02 Å². The van der Waals surface area contributed by atoms with Gasteiger partial charge in [-0.15, -0.1) is 0 Å². The number of nitrogens with one attached hydrogen (secondary N) is 1. The molecule has 1 aliphatic rings. The summed E-state index contributed by atoms with van der Waals surface area (Å²) in [6, 6.07) is 7.15. The predicted molar refractivity (Wildman–Crippen MR) is 115 cm³/mol. The molecule has 2 aromatic rings. The third-order valence-corrected chi connectivity index (χ3v) is 5.06. The van der Waals surface area contributed by atoms with Gasteiger partial charge < -0.3 is 29.5 Å². The second-order valence-corrected chi connectivity index (χ2v) is 7.30. The van der Waals surface area contributed by atoms with Crippen molar-refractivity contribution in [3.05, 3.63) is 35.5 Å². The number of benzene rings is 1. The monoisotopic (exact) mass is 435 g/mol. The van der Waals surface area contributed by atoms with Crippen molar-refractivity contribution in [2.45, 2.75) is 32.3 Å². The summed E-state index contributed by atoms with van der Waals surface area (Å²) in [4.78, 5) is 16.8. The molecule has 0 atom stereocenters. The smallest absolute Gasteiger partial charge is 0.407 e. The third kappa shape index (κ3) is 5.38. The number of amides is 1. The quantitative estimate of drug-likeness (QED) is 0.615. The van der Waals surface area contributed by atoms with Crippen molar-refractivity contribution >= 4 is 29.2 Å². The molecular formula is C21H26ClN3O5. The zero-order valence-electron chi connectivity index (χ0n) is 17.1. The summed E-state index contributed by atoms with van der Waals surface area (Å²) in [5.74, 6) is 2.18. The first-order valence-electron chi connectivity index (χ1n) is 9.88. The molecule has 30 heavy (non-hydrogen) atoms. The SMILES string of the molecule is CCCOc1ccc(Nc2nccc(OC3CCN(C(=O)O)CC3)c2OC)c(Cl)c1. The van der Waals surface area contributed by atoms with Gasteiger partial charge in [-0.3, -0.25) is 0 Å². The van der Waals surface area contributed by atoms with Crippen LogP contribution in [0.1, 0.15) is 26.2 Å². The van der Waals surface area contributed by atoms with Crippen LogP contribution in [-0.4, -0.2) is 54.0 Å². The summed E-state index contributed by atoms with van der Waals surface area (Å²) < 4.78 is 17.2. The van der Waals surface area contributed by atoms with Crippen LogP contribution < -0.4 is 19.5 Å². The highest BCUT2D eigenvalue weighted by Gasteiger charge is 2.25. The van der Waals surface area contributed by atoms with Gasteiger partial charge in [0.15, 0.2) is 11.6 Å². The van der Waals surface area contributed by atoms with Crippen LogP contribution in [0.25, 0.3) is 0 Å². The van der Waals surface area contributed by atoms with Crippen LogP contribution in [0.5, 0.6) is 17.2 Å². The molecule has 1 aromatic carbocycles. The second kappa shape index (κ2) is 10.2. The van der Waals surface area contributed by atoms with Crippen LogP contribution >= 0.6 is 11.6 Å². The zero-order chi connectivity index (χ0) is 21.5. The van der Waals surface area contributed by atoms with E-state index >= 15 is 0 Å². The minimum atomic E-state index is -0.899. The van der Waals surface area contributed by atoms with E-state index in [1.54, 1.807) is 25.4 Å². The van der Waals surface area contributed by atoms with Crippen molar-refractivity contribution in [2.75, 3.05) is 32.1 Å². The van der Waals surface area contributed by atoms with E-state index in [4.69, 9.17) is 30.9 Å². The largest absolute Gasteiger partial charge is 0.494 e. The number of pyridine rings is 1. The lowest BCUT2D eigenvalue weighted by molar-refractivity contribution is 0.0878. The lowest BCUT2D eigenvalue weighted by Crippen LogP contribution is -2.41.